The third-order valence-electron chi connectivity index (χ3n) is 4.01. The molecule has 2 heterocycles. The van der Waals surface area contributed by atoms with E-state index in [9.17, 15) is 0 Å². The Balaban J connectivity index is 0.00000196. The van der Waals surface area contributed by atoms with E-state index in [-0.39, 0.29) is 12.4 Å². The molecule has 0 saturated carbocycles. The van der Waals surface area contributed by atoms with Crippen LogP contribution in [0.15, 0.2) is 55.0 Å². The van der Waals surface area contributed by atoms with E-state index in [4.69, 9.17) is 9.47 Å². The molecule has 0 aliphatic carbocycles. The first-order valence-corrected chi connectivity index (χ1v) is 7.77. The molecule has 0 aliphatic rings. The van der Waals surface area contributed by atoms with E-state index in [1.54, 1.807) is 20.4 Å². The van der Waals surface area contributed by atoms with Gasteiger partial charge < -0.3 is 14.8 Å². The molecular formula is C19H17ClN4O2. The highest BCUT2D eigenvalue weighted by molar-refractivity contribution is 5.93. The number of benzene rings is 2. The summed E-state index contributed by atoms with van der Waals surface area (Å²) in [6.45, 7) is 0. The maximum Gasteiger partial charge on any atom is 0.162 e. The lowest BCUT2D eigenvalue weighted by Crippen LogP contribution is -1.98. The minimum atomic E-state index is 0. The minimum Gasteiger partial charge on any atom is -0.493 e. The van der Waals surface area contributed by atoms with Gasteiger partial charge in [-0.15, -0.1) is 12.4 Å². The van der Waals surface area contributed by atoms with Crippen molar-refractivity contribution in [1.82, 2.24) is 15.0 Å². The molecule has 7 heteroatoms. The Morgan fingerprint density at radius 1 is 0.846 bits per heavy atom. The van der Waals surface area contributed by atoms with E-state index >= 15 is 0 Å². The summed E-state index contributed by atoms with van der Waals surface area (Å²) in [4.78, 5) is 13.1. The number of ether oxygens (including phenoxy) is 2. The highest BCUT2D eigenvalue weighted by atomic mass is 35.5. The van der Waals surface area contributed by atoms with Crippen molar-refractivity contribution >= 4 is 45.7 Å². The topological polar surface area (TPSA) is 69.2 Å². The van der Waals surface area contributed by atoms with Crippen molar-refractivity contribution in [3.63, 3.8) is 0 Å². The van der Waals surface area contributed by atoms with Crippen LogP contribution in [0.25, 0.3) is 21.8 Å². The van der Waals surface area contributed by atoms with Gasteiger partial charge in [0.25, 0.3) is 0 Å². The fourth-order valence-electron chi connectivity index (χ4n) is 2.76. The second-order valence-corrected chi connectivity index (χ2v) is 5.48. The molecule has 132 valence electrons. The van der Waals surface area contributed by atoms with E-state index in [2.05, 4.69) is 20.3 Å². The summed E-state index contributed by atoms with van der Waals surface area (Å²) in [5.74, 6) is 1.96. The van der Waals surface area contributed by atoms with Gasteiger partial charge in [-0.1, -0.05) is 12.1 Å². The van der Waals surface area contributed by atoms with Gasteiger partial charge in [0.1, 0.15) is 12.1 Å². The highest BCUT2D eigenvalue weighted by Crippen LogP contribution is 2.34. The molecule has 1 N–H and O–H groups in total. The van der Waals surface area contributed by atoms with Crippen LogP contribution in [0, 0.1) is 0 Å². The number of nitrogens with one attached hydrogen (secondary N) is 1. The van der Waals surface area contributed by atoms with Crippen molar-refractivity contribution < 1.29 is 9.47 Å². The second kappa shape index (κ2) is 7.41. The van der Waals surface area contributed by atoms with Crippen molar-refractivity contribution in [2.24, 2.45) is 0 Å². The van der Waals surface area contributed by atoms with Crippen LogP contribution >= 0.6 is 12.4 Å². The van der Waals surface area contributed by atoms with Crippen LogP contribution in [0.4, 0.5) is 11.5 Å². The number of methoxy groups -OCH3 is 2. The number of rotatable bonds is 4. The number of hydrogen-bond donors (Lipinski definition) is 1. The molecule has 0 bridgehead atoms. The van der Waals surface area contributed by atoms with Gasteiger partial charge in [-0.2, -0.15) is 0 Å². The third kappa shape index (κ3) is 3.19. The van der Waals surface area contributed by atoms with Gasteiger partial charge in [-0.25, -0.2) is 9.97 Å². The van der Waals surface area contributed by atoms with Crippen molar-refractivity contribution in [3.8, 4) is 11.5 Å². The minimum absolute atomic E-state index is 0. The van der Waals surface area contributed by atoms with Crippen LogP contribution in [0.3, 0.4) is 0 Å². The maximum absolute atomic E-state index is 5.39. The zero-order valence-electron chi connectivity index (χ0n) is 14.3. The zero-order valence-corrected chi connectivity index (χ0v) is 15.1. The van der Waals surface area contributed by atoms with Crippen LogP contribution in [-0.4, -0.2) is 29.2 Å². The van der Waals surface area contributed by atoms with Crippen molar-refractivity contribution in [3.05, 3.63) is 55.0 Å². The maximum atomic E-state index is 5.39. The van der Waals surface area contributed by atoms with Gasteiger partial charge >= 0.3 is 0 Å². The van der Waals surface area contributed by atoms with Gasteiger partial charge in [-0.3, -0.25) is 4.98 Å². The number of pyridine rings is 1. The molecule has 0 saturated heterocycles. The molecular weight excluding hydrogens is 352 g/mol. The lowest BCUT2D eigenvalue weighted by molar-refractivity contribution is 0.356. The lowest BCUT2D eigenvalue weighted by atomic mass is 10.2. The molecule has 6 nitrogen and oxygen atoms in total. The zero-order chi connectivity index (χ0) is 17.2. The number of hydrogen-bond acceptors (Lipinski definition) is 6. The third-order valence-corrected chi connectivity index (χ3v) is 4.01. The van der Waals surface area contributed by atoms with Crippen molar-refractivity contribution in [2.45, 2.75) is 0 Å². The van der Waals surface area contributed by atoms with Crippen LogP contribution in [0.1, 0.15) is 0 Å². The number of anilines is 2. The first-order valence-electron chi connectivity index (χ1n) is 7.77. The highest BCUT2D eigenvalue weighted by Gasteiger charge is 2.11. The van der Waals surface area contributed by atoms with E-state index < -0.39 is 0 Å². The fraction of sp³-hybridized carbons (Fsp3) is 0.105. The van der Waals surface area contributed by atoms with Crippen LogP contribution in [-0.2, 0) is 0 Å². The summed E-state index contributed by atoms with van der Waals surface area (Å²) in [6.07, 6.45) is 3.30. The average molecular weight is 369 g/mol. The Bertz CT molecular complexity index is 1070. The monoisotopic (exact) mass is 368 g/mol. The van der Waals surface area contributed by atoms with E-state index in [0.29, 0.717) is 17.3 Å². The summed E-state index contributed by atoms with van der Waals surface area (Å²) in [6, 6.07) is 13.7. The summed E-state index contributed by atoms with van der Waals surface area (Å²) >= 11 is 0. The van der Waals surface area contributed by atoms with Crippen molar-refractivity contribution in [2.75, 3.05) is 19.5 Å². The predicted octanol–water partition coefficient (Wildman–Crippen LogP) is 4.36. The molecule has 0 aliphatic heterocycles. The average Bonchev–Trinajstić information content (AvgIpc) is 2.67. The molecule has 2 aromatic heterocycles. The molecule has 2 aromatic carbocycles. The molecule has 0 spiro atoms. The number of nitrogens with zero attached hydrogens (tertiary/aromatic N) is 3. The van der Waals surface area contributed by atoms with Gasteiger partial charge in [0.05, 0.1) is 25.3 Å². The molecule has 0 amide bonds. The first-order chi connectivity index (χ1) is 12.3. The van der Waals surface area contributed by atoms with E-state index in [1.807, 2.05) is 42.5 Å². The smallest absolute Gasteiger partial charge is 0.162 e. The standard InChI is InChI=1S/C19H16N4O2.ClH/c1-24-17-9-14-16(10-18(17)25-2)21-11-22-19(14)23-13-6-5-12-4-3-7-20-15(12)8-13;/h3-11H,1-2H3,(H,21,22,23);1H. The Kier molecular flexibility index (Phi) is 5.04. The Morgan fingerprint density at radius 3 is 2.46 bits per heavy atom. The largest absolute Gasteiger partial charge is 0.493 e. The van der Waals surface area contributed by atoms with Gasteiger partial charge in [0.15, 0.2) is 11.5 Å². The Labute approximate surface area is 156 Å². The summed E-state index contributed by atoms with van der Waals surface area (Å²) in [5, 5.41) is 5.28. The lowest BCUT2D eigenvalue weighted by Gasteiger charge is -2.12. The fourth-order valence-corrected chi connectivity index (χ4v) is 2.76. The molecule has 4 rings (SSSR count). The summed E-state index contributed by atoms with van der Waals surface area (Å²) in [5.41, 5.74) is 2.60. The Morgan fingerprint density at radius 2 is 1.65 bits per heavy atom. The van der Waals surface area contributed by atoms with E-state index in [1.165, 1.54) is 6.33 Å². The molecule has 0 atom stereocenters. The normalized spacial score (nSPS) is 10.4. The summed E-state index contributed by atoms with van der Waals surface area (Å²) < 4.78 is 10.7. The van der Waals surface area contributed by atoms with Crippen LogP contribution in [0.5, 0.6) is 11.5 Å². The predicted molar refractivity (Wildman–Crippen MR) is 105 cm³/mol. The molecule has 26 heavy (non-hydrogen) atoms. The number of halogens is 1. The van der Waals surface area contributed by atoms with Gasteiger partial charge in [0, 0.05) is 28.7 Å². The number of aromatic nitrogens is 3. The van der Waals surface area contributed by atoms with Crippen LogP contribution < -0.4 is 14.8 Å². The molecule has 0 unspecified atom stereocenters. The SMILES string of the molecule is COc1cc2ncnc(Nc3ccc4cccnc4c3)c2cc1OC.Cl. The van der Waals surface area contributed by atoms with E-state index in [0.717, 1.165) is 27.5 Å². The number of fused-ring (bicyclic) bond motifs is 2. The van der Waals surface area contributed by atoms with Crippen molar-refractivity contribution in [1.29, 1.82) is 0 Å². The van der Waals surface area contributed by atoms with Gasteiger partial charge in [0.2, 0.25) is 0 Å². The Hall–Kier alpha value is -3.12. The molecule has 0 radical (unpaired) electrons. The quantitative estimate of drug-likeness (QED) is 0.577. The van der Waals surface area contributed by atoms with Crippen LogP contribution in [0.2, 0.25) is 0 Å². The second-order valence-electron chi connectivity index (χ2n) is 5.48. The summed E-state index contributed by atoms with van der Waals surface area (Å²) in [7, 11) is 3.21. The van der Waals surface area contributed by atoms with Gasteiger partial charge in [-0.05, 0) is 24.3 Å². The first kappa shape index (κ1) is 17.7. The molecule has 4 aromatic rings. The molecule has 0 fully saturated rings.